The lowest BCUT2D eigenvalue weighted by Gasteiger charge is -2.29. The summed E-state index contributed by atoms with van der Waals surface area (Å²) in [5.41, 5.74) is 17.0. The van der Waals surface area contributed by atoms with Gasteiger partial charge in [0, 0.05) is 31.4 Å². The lowest BCUT2D eigenvalue weighted by atomic mass is 9.99. The van der Waals surface area contributed by atoms with Crippen molar-refractivity contribution >= 4 is 59.2 Å². The molecular weight excluding hydrogens is 865 g/mol. The van der Waals surface area contributed by atoms with Crippen LogP contribution in [0.1, 0.15) is 86.8 Å². The number of aliphatic carboxylic acids is 1. The van der Waals surface area contributed by atoms with Crippen LogP contribution in [0.25, 0.3) is 0 Å². The van der Waals surface area contributed by atoms with Gasteiger partial charge in [0.2, 0.25) is 47.3 Å². The average Bonchev–Trinajstić information content (AvgIpc) is 3.96. The van der Waals surface area contributed by atoms with E-state index >= 15 is 0 Å². The largest absolute Gasteiger partial charge is 0.480 e. The van der Waals surface area contributed by atoms with Crippen molar-refractivity contribution in [1.82, 2.24) is 52.1 Å². The topological polar surface area (TPSA) is 401 Å². The van der Waals surface area contributed by atoms with Crippen molar-refractivity contribution < 1.29 is 53.4 Å². The molecule has 2 rings (SSSR count). The minimum Gasteiger partial charge on any atom is -0.480 e. The Morgan fingerprint density at radius 1 is 0.742 bits per heavy atom. The van der Waals surface area contributed by atoms with E-state index in [1.165, 1.54) is 31.3 Å². The molecule has 0 saturated carbocycles. The molecule has 66 heavy (non-hydrogen) atoms. The number of carbonyl (C=O) groups is 9. The van der Waals surface area contributed by atoms with Crippen LogP contribution in [-0.4, -0.2) is 158 Å². The summed E-state index contributed by atoms with van der Waals surface area (Å²) in [6.45, 7) is 12.3. The van der Waals surface area contributed by atoms with E-state index in [0.717, 1.165) is 0 Å². The first-order valence-electron chi connectivity index (χ1n) is 21.9. The maximum absolute atomic E-state index is 13.7. The molecule has 1 saturated heterocycles. The highest BCUT2D eigenvalue weighted by molar-refractivity contribution is 5.98. The molecule has 1 aliphatic heterocycles. The maximum Gasteiger partial charge on any atom is 0.326 e. The molecule has 9 atom stereocenters. The fourth-order valence-electron chi connectivity index (χ4n) is 6.74. The molecule has 0 spiro atoms. The second kappa shape index (κ2) is 26.6. The third-order valence-corrected chi connectivity index (χ3v) is 10.8. The molecule has 0 bridgehead atoms. The number of likely N-dealkylation sites (tertiary alicyclic amines) is 1. The molecule has 1 aliphatic rings. The molecule has 0 aliphatic carbocycles. The number of aliphatic hydroxyl groups is 1. The molecule has 0 aromatic carbocycles. The van der Waals surface area contributed by atoms with Gasteiger partial charge in [-0.15, -0.1) is 0 Å². The molecule has 0 radical (unpaired) electrons. The van der Waals surface area contributed by atoms with Crippen LogP contribution in [0.3, 0.4) is 0 Å². The fourth-order valence-corrected chi connectivity index (χ4v) is 6.74. The van der Waals surface area contributed by atoms with Crippen LogP contribution >= 0.6 is 0 Å². The monoisotopic (exact) mass is 935 g/mol. The summed E-state index contributed by atoms with van der Waals surface area (Å²) in [5.74, 6) is -8.73. The quantitative estimate of drug-likeness (QED) is 0.0238. The Kier molecular flexibility index (Phi) is 22.4. The predicted octanol–water partition coefficient (Wildman–Crippen LogP) is -4.20. The van der Waals surface area contributed by atoms with E-state index in [9.17, 15) is 53.4 Å². The lowest BCUT2D eigenvalue weighted by Crippen LogP contribution is -2.61. The number of nitrogens with two attached hydrogens (primary N) is 3. The van der Waals surface area contributed by atoms with Gasteiger partial charge in [-0.25, -0.2) is 9.78 Å². The van der Waals surface area contributed by atoms with Crippen molar-refractivity contribution in [3.8, 4) is 0 Å². The molecular formula is C41H70N14O11. The molecule has 8 amide bonds. The Balaban J connectivity index is 2.12. The number of nitrogens with one attached hydrogen (secondary N) is 8. The lowest BCUT2D eigenvalue weighted by molar-refractivity contribution is -0.142. The Bertz CT molecular complexity index is 1870. The van der Waals surface area contributed by atoms with Crippen LogP contribution in [0.15, 0.2) is 17.5 Å². The second-order valence-electron chi connectivity index (χ2n) is 17.3. The summed E-state index contributed by atoms with van der Waals surface area (Å²) < 4.78 is 0. The minimum absolute atomic E-state index is 0.00275. The van der Waals surface area contributed by atoms with Crippen molar-refractivity contribution in [3.05, 3.63) is 18.2 Å². The smallest absolute Gasteiger partial charge is 0.326 e. The third kappa shape index (κ3) is 17.2. The van der Waals surface area contributed by atoms with E-state index in [0.29, 0.717) is 18.5 Å². The van der Waals surface area contributed by atoms with Gasteiger partial charge in [0.1, 0.15) is 48.3 Å². The molecule has 25 heteroatoms. The van der Waals surface area contributed by atoms with E-state index in [4.69, 9.17) is 17.2 Å². The fraction of sp³-hybridized carbons (Fsp3) is 0.683. The van der Waals surface area contributed by atoms with Gasteiger partial charge in [-0.1, -0.05) is 41.5 Å². The highest BCUT2D eigenvalue weighted by atomic mass is 16.4. The number of aliphatic hydroxyl groups excluding tert-OH is 1. The van der Waals surface area contributed by atoms with Crippen molar-refractivity contribution in [1.29, 1.82) is 0 Å². The van der Waals surface area contributed by atoms with E-state index in [2.05, 4.69) is 52.2 Å². The number of carbonyl (C=O) groups excluding carboxylic acids is 8. The third-order valence-electron chi connectivity index (χ3n) is 10.8. The minimum atomic E-state index is -1.53. The van der Waals surface area contributed by atoms with Crippen molar-refractivity contribution in [3.63, 3.8) is 0 Å². The number of aromatic amines is 1. The van der Waals surface area contributed by atoms with Crippen LogP contribution in [0.2, 0.25) is 0 Å². The summed E-state index contributed by atoms with van der Waals surface area (Å²) in [4.78, 5) is 131. The number of carboxylic acids is 1. The van der Waals surface area contributed by atoms with Crippen LogP contribution in [0, 0.1) is 17.8 Å². The summed E-state index contributed by atoms with van der Waals surface area (Å²) in [7, 11) is 0. The van der Waals surface area contributed by atoms with Gasteiger partial charge in [0.15, 0.2) is 5.96 Å². The summed E-state index contributed by atoms with van der Waals surface area (Å²) in [6, 6.07) is -10.9. The van der Waals surface area contributed by atoms with Crippen LogP contribution < -0.4 is 54.4 Å². The Hall–Kier alpha value is -6.37. The van der Waals surface area contributed by atoms with E-state index in [1.807, 2.05) is 0 Å². The van der Waals surface area contributed by atoms with Gasteiger partial charge >= 0.3 is 5.97 Å². The number of hydrogen-bond donors (Lipinski definition) is 13. The number of rotatable bonds is 26. The Morgan fingerprint density at radius 2 is 1.27 bits per heavy atom. The first-order chi connectivity index (χ1) is 30.9. The van der Waals surface area contributed by atoms with Crippen LogP contribution in [0.5, 0.6) is 0 Å². The SMILES string of the molecule is CC(C)[C@H](N)C(=O)N1CCC[C@H]1C(=O)N[C@@H](CO)C(=O)N[C@@H](Cc1cnc[nH]1)C(=O)N[C@@H](C)C(=O)N[C@H](C(=O)N[C@H](C(=O)N[C@@H](C)C(=O)N[C@@H](CCCN=C(N)N)C(=O)O)C(C)C)C(C)C. The number of aromatic nitrogens is 2. The number of hydrogen-bond acceptors (Lipinski definition) is 13. The number of guanidine groups is 1. The molecule has 1 aromatic rings. The van der Waals surface area contributed by atoms with E-state index < -0.39 is 126 Å². The van der Waals surface area contributed by atoms with Gasteiger partial charge in [0.05, 0.1) is 19.0 Å². The summed E-state index contributed by atoms with van der Waals surface area (Å²) in [6.07, 6.45) is 3.67. The second-order valence-corrected chi connectivity index (χ2v) is 17.3. The zero-order valence-electron chi connectivity index (χ0n) is 38.9. The van der Waals surface area contributed by atoms with Crippen molar-refractivity contribution in [2.75, 3.05) is 19.7 Å². The molecule has 1 fully saturated rings. The first-order valence-corrected chi connectivity index (χ1v) is 21.9. The molecule has 16 N–H and O–H groups in total. The number of amides is 8. The molecule has 2 heterocycles. The standard InChI is InChI=1S/C41H70N14O11/c1-19(2)29(42)39(64)55-14-10-12-28(55)36(61)52-27(17-56)35(60)51-26(15-24-16-45-18-47-24)34(59)48-23(8)33(58)53-31(21(5)6)38(63)54-30(20(3)4)37(62)49-22(7)32(57)50-25(40(65)66)11-9-13-46-41(43)44/h16,18-23,25-31,56H,9-15,17,42H2,1-8H3,(H,45,47)(H,48,59)(H,49,62)(H,50,57)(H,51,60)(H,52,61)(H,53,58)(H,54,63)(H,65,66)(H4,43,44,46)/t22-,23-,25-,26-,27-,28-,29-,30-,31-/m0/s1. The average molecular weight is 935 g/mol. The normalized spacial score (nSPS) is 17.2. The van der Waals surface area contributed by atoms with Gasteiger partial charge in [-0.3, -0.25) is 43.3 Å². The Labute approximate surface area is 383 Å². The van der Waals surface area contributed by atoms with Gasteiger partial charge in [-0.05, 0) is 57.3 Å². The number of aliphatic imine (C=N–C) groups is 1. The van der Waals surface area contributed by atoms with Crippen LogP contribution in [-0.2, 0) is 49.6 Å². The number of nitrogens with zero attached hydrogens (tertiary/aromatic N) is 3. The zero-order valence-corrected chi connectivity index (χ0v) is 38.9. The van der Waals surface area contributed by atoms with Gasteiger partial charge in [-0.2, -0.15) is 0 Å². The van der Waals surface area contributed by atoms with Gasteiger partial charge < -0.3 is 74.5 Å². The molecule has 0 unspecified atom stereocenters. The molecule has 25 nitrogen and oxygen atoms in total. The predicted molar refractivity (Wildman–Crippen MR) is 239 cm³/mol. The number of imidazole rings is 1. The first kappa shape index (κ1) is 55.8. The summed E-state index contributed by atoms with van der Waals surface area (Å²) in [5, 5.41) is 37.3. The Morgan fingerprint density at radius 3 is 1.79 bits per heavy atom. The number of carboxylic acid groups (broad SMARTS) is 1. The summed E-state index contributed by atoms with van der Waals surface area (Å²) >= 11 is 0. The molecule has 370 valence electrons. The van der Waals surface area contributed by atoms with E-state index in [1.54, 1.807) is 41.5 Å². The molecule has 1 aromatic heterocycles. The zero-order chi connectivity index (χ0) is 50.0. The maximum atomic E-state index is 13.7. The number of H-pyrrole nitrogens is 1. The van der Waals surface area contributed by atoms with Crippen LogP contribution in [0.4, 0.5) is 0 Å². The van der Waals surface area contributed by atoms with E-state index in [-0.39, 0.29) is 44.2 Å². The highest BCUT2D eigenvalue weighted by Gasteiger charge is 2.39. The van der Waals surface area contributed by atoms with Gasteiger partial charge in [0.25, 0.3) is 0 Å². The highest BCUT2D eigenvalue weighted by Crippen LogP contribution is 2.20. The van der Waals surface area contributed by atoms with Crippen molar-refractivity contribution in [2.24, 2.45) is 39.9 Å². The van der Waals surface area contributed by atoms with Crippen molar-refractivity contribution in [2.45, 2.75) is 142 Å².